The maximum Gasteiger partial charge on any atom is 0.416 e. The Morgan fingerprint density at radius 2 is 1.86 bits per heavy atom. The molecule has 3 aromatic heterocycles. The van der Waals surface area contributed by atoms with Crippen LogP contribution in [0.4, 0.5) is 40.7 Å². The minimum absolute atomic E-state index is 0.209. The molecule has 212 valence electrons. The topological polar surface area (TPSA) is 108 Å². The Labute approximate surface area is 237 Å². The van der Waals surface area contributed by atoms with Crippen molar-refractivity contribution in [1.29, 1.82) is 0 Å². The number of nitrogens with zero attached hydrogens (tertiary/aromatic N) is 6. The van der Waals surface area contributed by atoms with Gasteiger partial charge >= 0.3 is 6.18 Å². The van der Waals surface area contributed by atoms with Crippen molar-refractivity contribution in [2.24, 2.45) is 4.99 Å². The van der Waals surface area contributed by atoms with Gasteiger partial charge in [0.05, 0.1) is 29.7 Å². The van der Waals surface area contributed by atoms with Crippen LogP contribution in [-0.4, -0.2) is 44.8 Å². The monoisotopic (exact) mass is 574 g/mol. The Bertz CT molecular complexity index is 1780. The summed E-state index contributed by atoms with van der Waals surface area (Å²) in [6.45, 7) is 4.68. The lowest BCUT2D eigenvalue weighted by Gasteiger charge is -2.28. The van der Waals surface area contributed by atoms with Crippen LogP contribution in [0.1, 0.15) is 38.4 Å². The van der Waals surface area contributed by atoms with Gasteiger partial charge < -0.3 is 15.5 Å². The Hall–Kier alpha value is -5.20. The summed E-state index contributed by atoms with van der Waals surface area (Å²) in [6.07, 6.45) is 1.42. The van der Waals surface area contributed by atoms with Gasteiger partial charge in [-0.15, -0.1) is 0 Å². The molecule has 42 heavy (non-hydrogen) atoms. The summed E-state index contributed by atoms with van der Waals surface area (Å²) < 4.78 is 54.3. The molecule has 0 spiro atoms. The third-order valence-electron chi connectivity index (χ3n) is 6.77. The summed E-state index contributed by atoms with van der Waals surface area (Å²) in [5.41, 5.74) is 2.40. The van der Waals surface area contributed by atoms with Crippen LogP contribution in [0, 0.1) is 19.7 Å². The van der Waals surface area contributed by atoms with Gasteiger partial charge in [0.15, 0.2) is 0 Å². The number of aromatic nitrogens is 4. The first-order chi connectivity index (χ1) is 20.1. The average Bonchev–Trinajstić information content (AvgIpc) is 3.46. The summed E-state index contributed by atoms with van der Waals surface area (Å²) in [5.74, 6) is -0.0705. The lowest BCUT2D eigenvalue weighted by molar-refractivity contribution is -0.137. The highest BCUT2D eigenvalue weighted by Gasteiger charge is 2.33. The van der Waals surface area contributed by atoms with Crippen LogP contribution in [0.5, 0.6) is 0 Å². The zero-order valence-electron chi connectivity index (χ0n) is 22.3. The predicted molar refractivity (Wildman–Crippen MR) is 150 cm³/mol. The van der Waals surface area contributed by atoms with E-state index in [1.165, 1.54) is 12.1 Å². The van der Waals surface area contributed by atoms with E-state index in [0.29, 0.717) is 59.0 Å². The molecule has 1 amide bonds. The predicted octanol–water partition coefficient (Wildman–Crippen LogP) is 5.81. The maximum atomic E-state index is 15.0. The van der Waals surface area contributed by atoms with Crippen LogP contribution in [0.25, 0.3) is 11.6 Å². The van der Waals surface area contributed by atoms with Crippen molar-refractivity contribution in [1.82, 2.24) is 19.9 Å². The fourth-order valence-corrected chi connectivity index (χ4v) is 4.71. The molecule has 6 rings (SSSR count). The Kier molecular flexibility index (Phi) is 6.64. The Morgan fingerprint density at radius 1 is 1.02 bits per heavy atom. The number of amidine groups is 1. The summed E-state index contributed by atoms with van der Waals surface area (Å²) >= 11 is 0. The largest absolute Gasteiger partial charge is 0.416 e. The first kappa shape index (κ1) is 27.0. The second-order valence-electron chi connectivity index (χ2n) is 9.73. The van der Waals surface area contributed by atoms with E-state index < -0.39 is 29.2 Å². The Balaban J connectivity index is 1.33. The van der Waals surface area contributed by atoms with Crippen LogP contribution >= 0.6 is 0 Å². The van der Waals surface area contributed by atoms with Gasteiger partial charge in [-0.05, 0) is 67.4 Å². The molecule has 2 aliphatic rings. The first-order valence-corrected chi connectivity index (χ1v) is 12.8. The van der Waals surface area contributed by atoms with Crippen LogP contribution < -0.4 is 15.5 Å². The summed E-state index contributed by atoms with van der Waals surface area (Å²) in [6, 6.07) is 7.81. The number of halogens is 4. The molecular weight excluding hydrogens is 552 g/mol. The number of rotatable bonds is 5. The zero-order valence-corrected chi connectivity index (χ0v) is 22.3. The highest BCUT2D eigenvalue weighted by atomic mass is 19.4. The number of nitrogens with one attached hydrogen (secondary N) is 2. The molecule has 1 aromatic carbocycles. The highest BCUT2D eigenvalue weighted by molar-refractivity contribution is 6.36. The van der Waals surface area contributed by atoms with E-state index in [-0.39, 0.29) is 5.69 Å². The van der Waals surface area contributed by atoms with Crippen molar-refractivity contribution >= 4 is 46.5 Å². The van der Waals surface area contributed by atoms with Crippen molar-refractivity contribution in [3.8, 4) is 0 Å². The molecule has 4 aromatic rings. The van der Waals surface area contributed by atoms with Gasteiger partial charge in [0, 0.05) is 35.8 Å². The number of amides is 1. The van der Waals surface area contributed by atoms with Gasteiger partial charge in [0.2, 0.25) is 5.95 Å². The van der Waals surface area contributed by atoms with Crippen molar-refractivity contribution in [3.63, 3.8) is 0 Å². The van der Waals surface area contributed by atoms with Gasteiger partial charge in [-0.3, -0.25) is 19.8 Å². The van der Waals surface area contributed by atoms with Gasteiger partial charge in [0.1, 0.15) is 23.2 Å². The number of aliphatic imine (C=N–C) groups is 1. The normalized spacial score (nSPS) is 14.1. The smallest absolute Gasteiger partial charge is 0.323 e. The molecule has 5 heterocycles. The molecule has 0 radical (unpaired) electrons. The van der Waals surface area contributed by atoms with Crippen molar-refractivity contribution in [2.75, 3.05) is 28.6 Å². The van der Waals surface area contributed by atoms with E-state index in [1.807, 2.05) is 30.0 Å². The minimum Gasteiger partial charge on any atom is -0.323 e. The van der Waals surface area contributed by atoms with Crippen LogP contribution in [0.15, 0.2) is 60.0 Å². The summed E-state index contributed by atoms with van der Waals surface area (Å²) in [4.78, 5) is 36.5. The number of hydrogen-bond donors (Lipinski definition) is 2. The lowest BCUT2D eigenvalue weighted by atomic mass is 9.94. The SMILES string of the molecule is Cc1ccc(Nc2ncc3c(n2)N2CCN=C2C(c2cc(NC(=O)c4cc(C(F)(F)F)ccn4)c(F)cc2C)=C3)cn1. The van der Waals surface area contributed by atoms with E-state index in [2.05, 4.69) is 30.6 Å². The van der Waals surface area contributed by atoms with Crippen molar-refractivity contribution < 1.29 is 22.4 Å². The van der Waals surface area contributed by atoms with E-state index >= 15 is 0 Å². The molecule has 0 fully saturated rings. The number of fused-ring (bicyclic) bond motifs is 3. The molecule has 0 saturated heterocycles. The highest BCUT2D eigenvalue weighted by Crippen LogP contribution is 2.38. The average molecular weight is 575 g/mol. The number of carbonyl (C=O) groups is 1. The molecule has 2 aliphatic heterocycles. The number of alkyl halides is 3. The fourth-order valence-electron chi connectivity index (χ4n) is 4.71. The number of anilines is 4. The van der Waals surface area contributed by atoms with E-state index in [1.54, 1.807) is 19.3 Å². The Morgan fingerprint density at radius 3 is 2.62 bits per heavy atom. The standard InChI is InChI=1S/C29H22F4N8O/c1-15-9-22(30)23(39-27(42)24-11-18(5-6-34-24)29(31,32)33)12-20(15)21-10-17-13-37-28(38-19-4-3-16(2)36-14-19)40-25(17)41-8-7-35-26(21)41/h3-6,9-14H,7-8H2,1-2H3,(H,39,42)(H,37,38,40). The molecule has 0 atom stereocenters. The fraction of sp³-hybridized carbons (Fsp3) is 0.172. The van der Waals surface area contributed by atoms with Crippen LogP contribution in [0.3, 0.4) is 0 Å². The molecule has 0 bridgehead atoms. The van der Waals surface area contributed by atoms with E-state index in [0.717, 1.165) is 23.6 Å². The van der Waals surface area contributed by atoms with Gasteiger partial charge in [-0.25, -0.2) is 9.37 Å². The number of carbonyl (C=O) groups excluding carboxylic acids is 1. The minimum atomic E-state index is -4.66. The van der Waals surface area contributed by atoms with Crippen LogP contribution in [-0.2, 0) is 6.18 Å². The molecule has 13 heteroatoms. The number of hydrogen-bond acceptors (Lipinski definition) is 8. The van der Waals surface area contributed by atoms with Crippen molar-refractivity contribution in [2.45, 2.75) is 20.0 Å². The van der Waals surface area contributed by atoms with Gasteiger partial charge in [0.25, 0.3) is 5.91 Å². The van der Waals surface area contributed by atoms with Crippen LogP contribution in [0.2, 0.25) is 0 Å². The molecular formula is C29H22F4N8O. The summed E-state index contributed by atoms with van der Waals surface area (Å²) in [5, 5.41) is 5.51. The maximum absolute atomic E-state index is 15.0. The second kappa shape index (κ2) is 10.3. The van der Waals surface area contributed by atoms with Gasteiger partial charge in [-0.1, -0.05) is 0 Å². The lowest BCUT2D eigenvalue weighted by Crippen LogP contribution is -2.32. The number of aryl methyl sites for hydroxylation is 2. The molecule has 9 nitrogen and oxygen atoms in total. The van der Waals surface area contributed by atoms with Crippen molar-refractivity contribution in [3.05, 3.63) is 94.4 Å². The third kappa shape index (κ3) is 5.16. The second-order valence-corrected chi connectivity index (χ2v) is 9.73. The first-order valence-electron chi connectivity index (χ1n) is 12.8. The van der Waals surface area contributed by atoms with E-state index in [9.17, 15) is 22.4 Å². The summed E-state index contributed by atoms with van der Waals surface area (Å²) in [7, 11) is 0. The quantitative estimate of drug-likeness (QED) is 0.290. The molecule has 0 unspecified atom stereocenters. The molecule has 0 saturated carbocycles. The zero-order chi connectivity index (χ0) is 29.6. The number of benzene rings is 1. The van der Waals surface area contributed by atoms with E-state index in [4.69, 9.17) is 4.98 Å². The third-order valence-corrected chi connectivity index (χ3v) is 6.77. The molecule has 2 N–H and O–H groups in total. The van der Waals surface area contributed by atoms with Gasteiger partial charge in [-0.2, -0.15) is 18.2 Å². The number of pyridine rings is 2. The molecule has 0 aliphatic carbocycles.